The predicted octanol–water partition coefficient (Wildman–Crippen LogP) is 1.58. The molecule has 0 spiro atoms. The molecule has 0 fully saturated rings. The van der Waals surface area contributed by atoms with Crippen LogP contribution in [0.4, 0.5) is 4.39 Å². The average molecular weight is 168 g/mol. The highest BCUT2D eigenvalue weighted by Gasteiger charge is 2.21. The van der Waals surface area contributed by atoms with E-state index in [1.807, 2.05) is 37.3 Å². The van der Waals surface area contributed by atoms with E-state index in [1.54, 1.807) is 0 Å². The van der Waals surface area contributed by atoms with Gasteiger partial charge in [-0.1, -0.05) is 37.3 Å². The van der Waals surface area contributed by atoms with Crippen LogP contribution >= 0.6 is 0 Å². The van der Waals surface area contributed by atoms with Crippen molar-refractivity contribution >= 4 is 10.2 Å². The van der Waals surface area contributed by atoms with Gasteiger partial charge in [0.25, 0.3) is 0 Å². The Morgan fingerprint density at radius 2 is 1.91 bits per heavy atom. The molecule has 0 aromatic heterocycles. The van der Waals surface area contributed by atoms with Gasteiger partial charge in [-0.3, -0.25) is 0 Å². The summed E-state index contributed by atoms with van der Waals surface area (Å²) in [6, 6.07) is 9.40. The van der Waals surface area contributed by atoms with Gasteiger partial charge in [0.2, 0.25) is 0 Å². The number of hydrogen-bond acceptors (Lipinski definition) is 0. The second-order valence-electron chi connectivity index (χ2n) is 2.92. The standard InChI is InChI=1S/C9H13FSi/c1-2-9(10,11)8-6-4-3-5-7-8/h3-7H,2H2,1,11H3. The first-order valence-corrected chi connectivity index (χ1v) is 4.91. The molecular formula is C9H13FSi. The van der Waals surface area contributed by atoms with E-state index in [-0.39, 0.29) is 0 Å². The van der Waals surface area contributed by atoms with Crippen LogP contribution in [0.5, 0.6) is 0 Å². The second kappa shape index (κ2) is 3.18. The first-order chi connectivity index (χ1) is 5.17. The summed E-state index contributed by atoms with van der Waals surface area (Å²) in [6.07, 6.45) is 0.587. The Morgan fingerprint density at radius 3 is 2.36 bits per heavy atom. The second-order valence-corrected chi connectivity index (χ2v) is 4.50. The Balaban J connectivity index is 2.93. The van der Waals surface area contributed by atoms with Crippen LogP contribution in [0.15, 0.2) is 30.3 Å². The van der Waals surface area contributed by atoms with Gasteiger partial charge >= 0.3 is 0 Å². The van der Waals surface area contributed by atoms with E-state index in [0.717, 1.165) is 5.56 Å². The first kappa shape index (κ1) is 8.46. The van der Waals surface area contributed by atoms with Gasteiger partial charge in [0.1, 0.15) is 5.29 Å². The Labute approximate surface area is 69.9 Å². The highest BCUT2D eigenvalue weighted by Crippen LogP contribution is 2.24. The minimum Gasteiger partial charge on any atom is -0.244 e. The molecule has 1 atom stereocenters. The van der Waals surface area contributed by atoms with Gasteiger partial charge in [-0.25, -0.2) is 4.39 Å². The van der Waals surface area contributed by atoms with E-state index in [2.05, 4.69) is 0 Å². The molecule has 0 aliphatic rings. The van der Waals surface area contributed by atoms with Gasteiger partial charge in [0, 0.05) is 0 Å². The molecule has 0 aliphatic carbocycles. The van der Waals surface area contributed by atoms with E-state index < -0.39 is 5.29 Å². The largest absolute Gasteiger partial charge is 0.244 e. The smallest absolute Gasteiger partial charge is 0.113 e. The Hall–Kier alpha value is -0.633. The lowest BCUT2D eigenvalue weighted by atomic mass is 10.1. The maximum atomic E-state index is 13.6. The Bertz CT molecular complexity index is 218. The molecular weight excluding hydrogens is 155 g/mol. The molecule has 60 valence electrons. The molecule has 1 unspecified atom stereocenters. The molecule has 0 saturated heterocycles. The fraction of sp³-hybridized carbons (Fsp3) is 0.333. The Kier molecular flexibility index (Phi) is 2.44. The summed E-state index contributed by atoms with van der Waals surface area (Å²) in [6.45, 7) is 1.89. The maximum Gasteiger partial charge on any atom is 0.113 e. The molecule has 2 heteroatoms. The van der Waals surface area contributed by atoms with Crippen LogP contribution in [0.25, 0.3) is 0 Å². The van der Waals surface area contributed by atoms with Crippen LogP contribution < -0.4 is 0 Å². The molecule has 0 heterocycles. The zero-order valence-corrected chi connectivity index (χ0v) is 8.97. The quantitative estimate of drug-likeness (QED) is 0.588. The van der Waals surface area contributed by atoms with Crippen LogP contribution in [0.1, 0.15) is 18.9 Å². The van der Waals surface area contributed by atoms with E-state index in [9.17, 15) is 4.39 Å². The zero-order valence-electron chi connectivity index (χ0n) is 6.97. The number of benzene rings is 1. The van der Waals surface area contributed by atoms with Crippen LogP contribution in [0.2, 0.25) is 0 Å². The van der Waals surface area contributed by atoms with Crippen LogP contribution in [-0.4, -0.2) is 10.2 Å². The average Bonchev–Trinajstić information content (AvgIpc) is 2.06. The van der Waals surface area contributed by atoms with Crippen LogP contribution in [0, 0.1) is 0 Å². The SMILES string of the molecule is CCC(F)([SiH3])c1ccccc1. The highest BCUT2D eigenvalue weighted by molar-refractivity contribution is 6.14. The predicted molar refractivity (Wildman–Crippen MR) is 49.5 cm³/mol. The fourth-order valence-electron chi connectivity index (χ4n) is 0.990. The van der Waals surface area contributed by atoms with Crippen molar-refractivity contribution in [2.24, 2.45) is 0 Å². The van der Waals surface area contributed by atoms with Gasteiger partial charge in [-0.2, -0.15) is 0 Å². The molecule has 0 saturated carbocycles. The van der Waals surface area contributed by atoms with Gasteiger partial charge in [0.15, 0.2) is 0 Å². The molecule has 0 aliphatic heterocycles. The van der Waals surface area contributed by atoms with Crippen molar-refractivity contribution in [3.05, 3.63) is 35.9 Å². The normalized spacial score (nSPS) is 16.2. The van der Waals surface area contributed by atoms with Crippen molar-refractivity contribution < 1.29 is 4.39 Å². The van der Waals surface area contributed by atoms with Crippen molar-refractivity contribution in [1.29, 1.82) is 0 Å². The molecule has 0 radical (unpaired) electrons. The van der Waals surface area contributed by atoms with Crippen molar-refractivity contribution in [3.8, 4) is 0 Å². The number of hydrogen-bond donors (Lipinski definition) is 0. The van der Waals surface area contributed by atoms with E-state index in [1.165, 1.54) is 0 Å². The Morgan fingerprint density at radius 1 is 1.36 bits per heavy atom. The number of alkyl halides is 1. The van der Waals surface area contributed by atoms with Crippen molar-refractivity contribution in [2.75, 3.05) is 0 Å². The fourth-order valence-corrected chi connectivity index (χ4v) is 1.32. The van der Waals surface area contributed by atoms with E-state index in [4.69, 9.17) is 0 Å². The zero-order chi connectivity index (χ0) is 8.32. The monoisotopic (exact) mass is 168 g/mol. The molecule has 0 nitrogen and oxygen atoms in total. The lowest BCUT2D eigenvalue weighted by Crippen LogP contribution is -2.18. The van der Waals surface area contributed by atoms with Gasteiger partial charge in [-0.05, 0) is 12.0 Å². The number of halogens is 1. The van der Waals surface area contributed by atoms with Crippen LogP contribution in [-0.2, 0) is 5.29 Å². The highest BCUT2D eigenvalue weighted by atomic mass is 28.1. The lowest BCUT2D eigenvalue weighted by Gasteiger charge is -2.18. The summed E-state index contributed by atoms with van der Waals surface area (Å²) in [5.74, 6) is 0. The topological polar surface area (TPSA) is 0 Å². The van der Waals surface area contributed by atoms with Gasteiger partial charge < -0.3 is 0 Å². The molecule has 11 heavy (non-hydrogen) atoms. The van der Waals surface area contributed by atoms with Gasteiger partial charge in [-0.15, -0.1) is 0 Å². The van der Waals surface area contributed by atoms with Crippen molar-refractivity contribution in [3.63, 3.8) is 0 Å². The molecule has 1 aromatic rings. The third kappa shape index (κ3) is 1.90. The molecule has 0 bridgehead atoms. The summed E-state index contributed by atoms with van der Waals surface area (Å²) in [4.78, 5) is 0. The minimum absolute atomic E-state index is 0.570. The molecule has 1 aromatic carbocycles. The first-order valence-electron chi connectivity index (χ1n) is 3.91. The summed E-state index contributed by atoms with van der Waals surface area (Å²) in [7, 11) is 0.570. The summed E-state index contributed by atoms with van der Waals surface area (Å²) in [5, 5.41) is -1.03. The summed E-state index contributed by atoms with van der Waals surface area (Å²) >= 11 is 0. The summed E-state index contributed by atoms with van der Waals surface area (Å²) in [5.41, 5.74) is 0.828. The minimum atomic E-state index is -1.03. The van der Waals surface area contributed by atoms with Gasteiger partial charge in [0.05, 0.1) is 10.2 Å². The maximum absolute atomic E-state index is 13.6. The van der Waals surface area contributed by atoms with Crippen LogP contribution in [0.3, 0.4) is 0 Å². The van der Waals surface area contributed by atoms with Crippen molar-refractivity contribution in [2.45, 2.75) is 18.6 Å². The lowest BCUT2D eigenvalue weighted by molar-refractivity contribution is 0.274. The third-order valence-electron chi connectivity index (χ3n) is 2.04. The van der Waals surface area contributed by atoms with E-state index in [0.29, 0.717) is 16.7 Å². The number of rotatable bonds is 2. The van der Waals surface area contributed by atoms with E-state index >= 15 is 0 Å². The molecule has 0 N–H and O–H groups in total. The molecule has 1 rings (SSSR count). The van der Waals surface area contributed by atoms with Crippen molar-refractivity contribution in [1.82, 2.24) is 0 Å². The third-order valence-corrected chi connectivity index (χ3v) is 3.32. The molecule has 0 amide bonds. The summed E-state index contributed by atoms with van der Waals surface area (Å²) < 4.78 is 13.6.